The molecule has 5 heteroatoms. The normalized spacial score (nSPS) is 12.3. The first kappa shape index (κ1) is 26.8. The Hall–Kier alpha value is -5.05. The van der Waals surface area contributed by atoms with Crippen molar-refractivity contribution in [2.24, 2.45) is 0 Å². The van der Waals surface area contributed by atoms with Crippen LogP contribution in [0.2, 0.25) is 0 Å². The number of pyridine rings is 1. The maximum Gasteiger partial charge on any atom is 2.00 e. The number of nitrogens with zero attached hydrogens (tertiary/aromatic N) is 4. The van der Waals surface area contributed by atoms with E-state index >= 15 is 0 Å². The quantitative estimate of drug-likeness (QED) is 0.187. The van der Waals surface area contributed by atoms with Crippen LogP contribution in [0.4, 0.5) is 0 Å². The van der Waals surface area contributed by atoms with Gasteiger partial charge in [0.25, 0.3) is 0 Å². The zero-order valence-corrected chi connectivity index (χ0v) is 25.2. The van der Waals surface area contributed by atoms with Crippen LogP contribution in [-0.2, 0) is 21.1 Å². The largest absolute Gasteiger partial charge is 2.00 e. The van der Waals surface area contributed by atoms with Gasteiger partial charge in [-0.15, -0.1) is 41.3 Å². The van der Waals surface area contributed by atoms with Crippen molar-refractivity contribution in [2.45, 2.75) is 0 Å². The number of benzene rings is 5. The Kier molecular flexibility index (Phi) is 7.06. The molecule has 0 amide bonds. The SMILES string of the molecule is [Pt+2].[c-]1c(/C=c2\[n-]/c(=C\c3nccc4ccccc34)c3ccccc23)cccc1-c1nc2ccccc2n1-c1ccccc1. The molecule has 0 saturated heterocycles. The van der Waals surface area contributed by atoms with Gasteiger partial charge in [0.1, 0.15) is 0 Å². The van der Waals surface area contributed by atoms with Crippen molar-refractivity contribution in [1.82, 2.24) is 19.5 Å². The summed E-state index contributed by atoms with van der Waals surface area (Å²) in [5, 5.41) is 6.28. The first-order valence-electron chi connectivity index (χ1n) is 14.0. The van der Waals surface area contributed by atoms with E-state index in [1.807, 2.05) is 30.5 Å². The molecule has 4 nitrogen and oxygen atoms in total. The monoisotopic (exact) mass is 731 g/mol. The first-order valence-corrected chi connectivity index (χ1v) is 14.0. The van der Waals surface area contributed by atoms with Gasteiger partial charge in [0.05, 0.1) is 22.6 Å². The predicted molar refractivity (Wildman–Crippen MR) is 171 cm³/mol. The maximum absolute atomic E-state index is 5.10. The zero-order chi connectivity index (χ0) is 27.9. The molecular formula is C38H24N4Pt. The molecule has 0 aliphatic heterocycles. The fourth-order valence-electron chi connectivity index (χ4n) is 5.68. The summed E-state index contributed by atoms with van der Waals surface area (Å²) in [6, 6.07) is 47.1. The number of hydrogen-bond donors (Lipinski definition) is 0. The molecule has 0 aliphatic rings. The second-order valence-electron chi connectivity index (χ2n) is 10.2. The zero-order valence-electron chi connectivity index (χ0n) is 23.0. The standard InChI is InChI=1S/C38H24N4.Pt/c1-2-14-29(15-3-1)42-37-20-9-8-19-33(37)41-38(42)28-13-10-11-26(23-28)24-35-31-17-6-7-18-32(31)36(40-35)25-34-30-16-5-4-12-27(30)21-22-39-34;/h1-22,24-25H;/q-2;+2/b35-24-,36-25-;. The fraction of sp³-hybridized carbons (Fsp3) is 0. The Balaban J connectivity index is 0.00000300. The van der Waals surface area contributed by atoms with Crippen LogP contribution in [0.3, 0.4) is 0 Å². The van der Waals surface area contributed by atoms with E-state index in [0.717, 1.165) is 71.6 Å². The van der Waals surface area contributed by atoms with Gasteiger partial charge in [-0.05, 0) is 52.6 Å². The van der Waals surface area contributed by atoms with E-state index in [2.05, 4.69) is 131 Å². The molecule has 0 atom stereocenters. The van der Waals surface area contributed by atoms with Crippen molar-refractivity contribution in [3.63, 3.8) is 0 Å². The van der Waals surface area contributed by atoms with Crippen LogP contribution in [0.15, 0.2) is 134 Å². The average Bonchev–Trinajstić information content (AvgIpc) is 3.60. The summed E-state index contributed by atoms with van der Waals surface area (Å²) in [4.78, 5) is 14.8. The molecule has 8 aromatic rings. The molecule has 8 rings (SSSR count). The van der Waals surface area contributed by atoms with Crippen molar-refractivity contribution in [3.05, 3.63) is 162 Å². The van der Waals surface area contributed by atoms with E-state index in [9.17, 15) is 0 Å². The maximum atomic E-state index is 5.10. The van der Waals surface area contributed by atoms with Gasteiger partial charge in [-0.2, -0.15) is 5.35 Å². The van der Waals surface area contributed by atoms with E-state index in [0.29, 0.717) is 0 Å². The topological polar surface area (TPSA) is 44.8 Å². The number of hydrogen-bond acceptors (Lipinski definition) is 2. The molecule has 0 N–H and O–H groups in total. The Labute approximate surface area is 263 Å². The van der Waals surface area contributed by atoms with Crippen molar-refractivity contribution in [1.29, 1.82) is 0 Å². The van der Waals surface area contributed by atoms with Gasteiger partial charge < -0.3 is 9.55 Å². The smallest absolute Gasteiger partial charge is 0.663 e. The minimum atomic E-state index is 0. The van der Waals surface area contributed by atoms with E-state index in [1.54, 1.807) is 0 Å². The van der Waals surface area contributed by atoms with Crippen LogP contribution >= 0.6 is 0 Å². The third-order valence-corrected chi connectivity index (χ3v) is 7.62. The van der Waals surface area contributed by atoms with Gasteiger partial charge in [0, 0.05) is 17.3 Å². The van der Waals surface area contributed by atoms with Crippen molar-refractivity contribution < 1.29 is 21.1 Å². The Morgan fingerprint density at radius 1 is 0.628 bits per heavy atom. The number of aromatic nitrogens is 4. The Bertz CT molecular complexity index is 2360. The summed E-state index contributed by atoms with van der Waals surface area (Å²) in [7, 11) is 0. The Morgan fingerprint density at radius 3 is 2.16 bits per heavy atom. The van der Waals surface area contributed by atoms with Crippen molar-refractivity contribution >= 4 is 44.7 Å². The summed E-state index contributed by atoms with van der Waals surface area (Å²) in [6.07, 6.45) is 6.05. The molecule has 206 valence electrons. The third kappa shape index (κ3) is 4.90. The molecule has 3 aromatic heterocycles. The molecule has 0 radical (unpaired) electrons. The van der Waals surface area contributed by atoms with Gasteiger partial charge in [-0.25, -0.2) is 0 Å². The Morgan fingerprint density at radius 2 is 1.33 bits per heavy atom. The van der Waals surface area contributed by atoms with Crippen LogP contribution in [0.1, 0.15) is 11.3 Å². The van der Waals surface area contributed by atoms with Gasteiger partial charge >= 0.3 is 21.1 Å². The molecule has 43 heavy (non-hydrogen) atoms. The van der Waals surface area contributed by atoms with E-state index < -0.39 is 0 Å². The molecule has 0 aliphatic carbocycles. The van der Waals surface area contributed by atoms with Gasteiger partial charge in [-0.1, -0.05) is 84.4 Å². The van der Waals surface area contributed by atoms with Crippen LogP contribution in [0.25, 0.3) is 61.8 Å². The van der Waals surface area contributed by atoms with Gasteiger partial charge in [-0.3, -0.25) is 9.97 Å². The van der Waals surface area contributed by atoms with Crippen molar-refractivity contribution in [2.75, 3.05) is 0 Å². The number of para-hydroxylation sites is 3. The molecule has 5 aromatic carbocycles. The third-order valence-electron chi connectivity index (χ3n) is 7.62. The van der Waals surface area contributed by atoms with Crippen molar-refractivity contribution in [3.8, 4) is 17.1 Å². The number of fused-ring (bicyclic) bond motifs is 3. The molecule has 0 spiro atoms. The summed E-state index contributed by atoms with van der Waals surface area (Å²) in [6.45, 7) is 0. The molecule has 3 heterocycles. The van der Waals surface area contributed by atoms with E-state index in [4.69, 9.17) is 9.97 Å². The van der Waals surface area contributed by atoms with Crippen LogP contribution in [-0.4, -0.2) is 14.5 Å². The second-order valence-corrected chi connectivity index (χ2v) is 10.2. The first-order chi connectivity index (χ1) is 20.8. The van der Waals surface area contributed by atoms with E-state index in [1.165, 1.54) is 0 Å². The summed E-state index contributed by atoms with van der Waals surface area (Å²) >= 11 is 0. The minimum absolute atomic E-state index is 0. The molecular weight excluding hydrogens is 708 g/mol. The van der Waals surface area contributed by atoms with Crippen LogP contribution < -0.4 is 15.7 Å². The number of imidazole rings is 1. The minimum Gasteiger partial charge on any atom is -0.663 e. The second kappa shape index (κ2) is 11.3. The fourth-order valence-corrected chi connectivity index (χ4v) is 5.68. The molecule has 0 bridgehead atoms. The summed E-state index contributed by atoms with van der Waals surface area (Å²) < 4.78 is 2.20. The van der Waals surface area contributed by atoms with Crippen LogP contribution in [0, 0.1) is 6.07 Å². The molecule has 0 fully saturated rings. The van der Waals surface area contributed by atoms with Gasteiger partial charge in [0.2, 0.25) is 0 Å². The number of rotatable bonds is 4. The predicted octanol–water partition coefficient (Wildman–Crippen LogP) is 6.81. The molecule has 0 saturated carbocycles. The van der Waals surface area contributed by atoms with Crippen LogP contribution in [0.5, 0.6) is 0 Å². The summed E-state index contributed by atoms with van der Waals surface area (Å²) in [5.41, 5.74) is 5.85. The average molecular weight is 732 g/mol. The summed E-state index contributed by atoms with van der Waals surface area (Å²) in [5.74, 6) is 0.856. The van der Waals surface area contributed by atoms with Gasteiger partial charge in [0.15, 0.2) is 0 Å². The van der Waals surface area contributed by atoms with E-state index in [-0.39, 0.29) is 21.1 Å². The molecule has 0 unspecified atom stereocenters.